The normalized spacial score (nSPS) is 20.1. The molecular weight excluding hydrogens is 456 g/mol. The highest BCUT2D eigenvalue weighted by atomic mass is 16.6. The zero-order chi connectivity index (χ0) is 26.2. The summed E-state index contributed by atoms with van der Waals surface area (Å²) in [5.74, 6) is -2.05. The van der Waals surface area contributed by atoms with Gasteiger partial charge >= 0.3 is 12.1 Å². The number of carboxylic acids is 1. The van der Waals surface area contributed by atoms with E-state index in [1.165, 1.54) is 6.92 Å². The lowest BCUT2D eigenvalue weighted by Crippen LogP contribution is -2.51. The minimum absolute atomic E-state index is 0.0127. The first-order valence-corrected chi connectivity index (χ1v) is 12.4. The van der Waals surface area contributed by atoms with Crippen molar-refractivity contribution in [3.8, 4) is 0 Å². The molecule has 198 valence electrons. The maximum Gasteiger partial charge on any atom is 0.410 e. The van der Waals surface area contributed by atoms with E-state index in [0.29, 0.717) is 51.4 Å². The van der Waals surface area contributed by atoms with E-state index in [9.17, 15) is 24.0 Å². The van der Waals surface area contributed by atoms with E-state index in [1.807, 2.05) is 20.8 Å². The number of ether oxygens (including phenoxy) is 1. The van der Waals surface area contributed by atoms with Crippen LogP contribution >= 0.6 is 0 Å². The molecule has 2 rings (SSSR count). The first-order valence-electron chi connectivity index (χ1n) is 12.4. The van der Waals surface area contributed by atoms with Crippen LogP contribution in [0.2, 0.25) is 0 Å². The molecule has 0 saturated carbocycles. The standard InChI is InChI=1S/C24H40N4O7/c1-16(29)26-19(22(32)33)14-25-21(31)18-6-5-11-28(15-18)20(30)8-7-17-9-12-27(13-10-17)23(34)35-24(2,3)4/h17-19H,5-15H2,1-4H3,(H,25,31)(H,26,29)(H,32,33)/t18-,19?/m0/s1. The average Bonchev–Trinajstić information content (AvgIpc) is 2.78. The molecule has 3 N–H and O–H groups in total. The van der Waals surface area contributed by atoms with Gasteiger partial charge in [-0.15, -0.1) is 0 Å². The fourth-order valence-electron chi connectivity index (χ4n) is 4.43. The SMILES string of the molecule is CC(=O)NC(CNC(=O)[C@H]1CCCN(C(=O)CCC2CCN(C(=O)OC(C)(C)C)CC2)C1)C(=O)O. The third kappa shape index (κ3) is 9.73. The summed E-state index contributed by atoms with van der Waals surface area (Å²) in [4.78, 5) is 63.4. The summed E-state index contributed by atoms with van der Waals surface area (Å²) < 4.78 is 5.42. The highest BCUT2D eigenvalue weighted by molar-refractivity contribution is 5.84. The number of piperidine rings is 2. The van der Waals surface area contributed by atoms with Crippen molar-refractivity contribution < 1.29 is 33.8 Å². The molecule has 0 radical (unpaired) electrons. The molecule has 0 aromatic carbocycles. The van der Waals surface area contributed by atoms with Crippen LogP contribution in [0.5, 0.6) is 0 Å². The van der Waals surface area contributed by atoms with Crippen LogP contribution < -0.4 is 10.6 Å². The van der Waals surface area contributed by atoms with E-state index in [-0.39, 0.29) is 24.5 Å². The molecule has 35 heavy (non-hydrogen) atoms. The molecule has 11 heteroatoms. The lowest BCUT2D eigenvalue weighted by atomic mass is 9.91. The number of carbonyl (C=O) groups excluding carboxylic acids is 4. The first kappa shape index (κ1) is 28.4. The van der Waals surface area contributed by atoms with Gasteiger partial charge in [0.2, 0.25) is 17.7 Å². The van der Waals surface area contributed by atoms with Gasteiger partial charge in [-0.25, -0.2) is 9.59 Å². The van der Waals surface area contributed by atoms with E-state index in [1.54, 1.807) is 9.80 Å². The van der Waals surface area contributed by atoms with Crippen molar-refractivity contribution >= 4 is 29.8 Å². The fourth-order valence-corrected chi connectivity index (χ4v) is 4.43. The summed E-state index contributed by atoms with van der Waals surface area (Å²) in [5.41, 5.74) is -0.521. The highest BCUT2D eigenvalue weighted by Gasteiger charge is 2.31. The Morgan fingerprint density at radius 2 is 1.69 bits per heavy atom. The molecule has 2 aliphatic rings. The Morgan fingerprint density at radius 1 is 1.03 bits per heavy atom. The molecule has 0 aromatic rings. The van der Waals surface area contributed by atoms with Crippen LogP contribution in [0.3, 0.4) is 0 Å². The van der Waals surface area contributed by atoms with Gasteiger partial charge in [0.15, 0.2) is 0 Å². The lowest BCUT2D eigenvalue weighted by molar-refractivity contribution is -0.141. The van der Waals surface area contributed by atoms with Crippen molar-refractivity contribution in [1.82, 2.24) is 20.4 Å². The Bertz CT molecular complexity index is 787. The summed E-state index contributed by atoms with van der Waals surface area (Å²) in [6.45, 7) is 8.69. The number of aliphatic carboxylic acids is 1. The second-order valence-electron chi connectivity index (χ2n) is 10.5. The van der Waals surface area contributed by atoms with Crippen molar-refractivity contribution in [2.24, 2.45) is 11.8 Å². The summed E-state index contributed by atoms with van der Waals surface area (Å²) in [7, 11) is 0. The summed E-state index contributed by atoms with van der Waals surface area (Å²) in [6.07, 6.45) is 3.83. The summed E-state index contributed by atoms with van der Waals surface area (Å²) in [6, 6.07) is -1.19. The van der Waals surface area contributed by atoms with Gasteiger partial charge < -0.3 is 30.3 Å². The smallest absolute Gasteiger partial charge is 0.410 e. The van der Waals surface area contributed by atoms with E-state index < -0.39 is 29.4 Å². The number of amides is 4. The number of likely N-dealkylation sites (tertiary alicyclic amines) is 2. The van der Waals surface area contributed by atoms with Crippen molar-refractivity contribution in [2.45, 2.75) is 77.9 Å². The third-order valence-corrected chi connectivity index (χ3v) is 6.33. The van der Waals surface area contributed by atoms with Gasteiger partial charge in [0.1, 0.15) is 11.6 Å². The maximum atomic E-state index is 12.8. The van der Waals surface area contributed by atoms with Gasteiger partial charge in [0.05, 0.1) is 5.92 Å². The number of carboxylic acid groups (broad SMARTS) is 1. The predicted octanol–water partition coefficient (Wildman–Crippen LogP) is 1.36. The monoisotopic (exact) mass is 496 g/mol. The average molecular weight is 497 g/mol. The van der Waals surface area contributed by atoms with Gasteiger partial charge in [0, 0.05) is 46.1 Å². The van der Waals surface area contributed by atoms with Crippen LogP contribution in [-0.4, -0.2) is 89.1 Å². The second kappa shape index (κ2) is 12.7. The quantitative estimate of drug-likeness (QED) is 0.460. The van der Waals surface area contributed by atoms with Crippen molar-refractivity contribution in [2.75, 3.05) is 32.7 Å². The van der Waals surface area contributed by atoms with Crippen LogP contribution in [0.25, 0.3) is 0 Å². The van der Waals surface area contributed by atoms with Crippen LogP contribution in [0, 0.1) is 11.8 Å². The second-order valence-corrected chi connectivity index (χ2v) is 10.5. The summed E-state index contributed by atoms with van der Waals surface area (Å²) in [5, 5.41) is 14.0. The molecule has 2 saturated heterocycles. The topological polar surface area (TPSA) is 145 Å². The Hall–Kier alpha value is -2.85. The number of nitrogens with zero attached hydrogens (tertiary/aromatic N) is 2. The number of carbonyl (C=O) groups is 5. The predicted molar refractivity (Wildman–Crippen MR) is 127 cm³/mol. The van der Waals surface area contributed by atoms with Crippen LogP contribution in [-0.2, 0) is 23.9 Å². The molecule has 0 spiro atoms. The number of rotatable bonds is 8. The zero-order valence-corrected chi connectivity index (χ0v) is 21.3. The third-order valence-electron chi connectivity index (χ3n) is 6.33. The van der Waals surface area contributed by atoms with E-state index in [4.69, 9.17) is 9.84 Å². The first-order chi connectivity index (χ1) is 16.4. The molecule has 0 aliphatic carbocycles. The van der Waals surface area contributed by atoms with Gasteiger partial charge in [-0.3, -0.25) is 14.4 Å². The highest BCUT2D eigenvalue weighted by Crippen LogP contribution is 2.25. The van der Waals surface area contributed by atoms with Crippen molar-refractivity contribution in [1.29, 1.82) is 0 Å². The molecule has 4 amide bonds. The summed E-state index contributed by atoms with van der Waals surface area (Å²) >= 11 is 0. The van der Waals surface area contributed by atoms with Crippen LogP contribution in [0.15, 0.2) is 0 Å². The molecule has 2 aliphatic heterocycles. The number of nitrogens with one attached hydrogen (secondary N) is 2. The van der Waals surface area contributed by atoms with Crippen LogP contribution in [0.4, 0.5) is 4.79 Å². The fraction of sp³-hybridized carbons (Fsp3) is 0.792. The molecule has 0 aromatic heterocycles. The minimum atomic E-state index is -1.22. The Kier molecular flexibility index (Phi) is 10.3. The Balaban J connectivity index is 1.74. The Morgan fingerprint density at radius 3 is 2.26 bits per heavy atom. The molecule has 11 nitrogen and oxygen atoms in total. The molecule has 2 heterocycles. The number of hydrogen-bond donors (Lipinski definition) is 3. The van der Waals surface area contributed by atoms with Gasteiger partial charge in [-0.05, 0) is 58.8 Å². The molecular formula is C24H40N4O7. The molecule has 2 fully saturated rings. The minimum Gasteiger partial charge on any atom is -0.480 e. The van der Waals surface area contributed by atoms with Crippen LogP contribution in [0.1, 0.15) is 66.2 Å². The van der Waals surface area contributed by atoms with Gasteiger partial charge in [-0.2, -0.15) is 0 Å². The van der Waals surface area contributed by atoms with E-state index in [2.05, 4.69) is 10.6 Å². The van der Waals surface area contributed by atoms with Gasteiger partial charge in [-0.1, -0.05) is 0 Å². The largest absolute Gasteiger partial charge is 0.480 e. The zero-order valence-electron chi connectivity index (χ0n) is 21.3. The van der Waals surface area contributed by atoms with Crippen molar-refractivity contribution in [3.05, 3.63) is 0 Å². The van der Waals surface area contributed by atoms with Gasteiger partial charge in [0.25, 0.3) is 0 Å². The molecule has 0 bridgehead atoms. The Labute approximate surface area is 206 Å². The molecule has 2 atom stereocenters. The lowest BCUT2D eigenvalue weighted by Gasteiger charge is -2.34. The van der Waals surface area contributed by atoms with Crippen molar-refractivity contribution in [3.63, 3.8) is 0 Å². The van der Waals surface area contributed by atoms with E-state index >= 15 is 0 Å². The van der Waals surface area contributed by atoms with E-state index in [0.717, 1.165) is 19.3 Å². The molecule has 1 unspecified atom stereocenters. The number of hydrogen-bond acceptors (Lipinski definition) is 6. The maximum absolute atomic E-state index is 12.8.